The molecule has 0 aliphatic rings. The van der Waals surface area contributed by atoms with E-state index in [9.17, 15) is 19.3 Å². The molecule has 0 bridgehead atoms. The molecule has 0 fully saturated rings. The van der Waals surface area contributed by atoms with E-state index in [1.165, 1.54) is 23.1 Å². The number of nitro benzene ring substituents is 1. The summed E-state index contributed by atoms with van der Waals surface area (Å²) in [6.07, 6.45) is 0. The van der Waals surface area contributed by atoms with E-state index in [0.717, 1.165) is 28.4 Å². The van der Waals surface area contributed by atoms with Gasteiger partial charge in [0.1, 0.15) is 11.5 Å². The van der Waals surface area contributed by atoms with Crippen molar-refractivity contribution in [2.75, 3.05) is 11.1 Å². The molecule has 1 heterocycles. The zero-order valence-corrected chi connectivity index (χ0v) is 14.8. The van der Waals surface area contributed by atoms with Crippen LogP contribution in [0.15, 0.2) is 40.7 Å². The van der Waals surface area contributed by atoms with Gasteiger partial charge in [0, 0.05) is 5.02 Å². The predicted molar refractivity (Wildman–Crippen MR) is 97.0 cm³/mol. The summed E-state index contributed by atoms with van der Waals surface area (Å²) in [5.74, 6) is -1.17. The van der Waals surface area contributed by atoms with Crippen LogP contribution in [-0.4, -0.2) is 21.6 Å². The molecule has 25 heavy (non-hydrogen) atoms. The number of rotatable bonds is 5. The van der Waals surface area contributed by atoms with Crippen LogP contribution < -0.4 is 5.32 Å². The van der Waals surface area contributed by atoms with Crippen LogP contribution in [0.5, 0.6) is 0 Å². The van der Waals surface area contributed by atoms with Gasteiger partial charge in [-0.2, -0.15) is 0 Å². The van der Waals surface area contributed by atoms with E-state index in [0.29, 0.717) is 9.36 Å². The molecule has 0 saturated heterocycles. The summed E-state index contributed by atoms with van der Waals surface area (Å²) >= 11 is 8.53. The summed E-state index contributed by atoms with van der Waals surface area (Å²) in [4.78, 5) is 26.6. The van der Waals surface area contributed by atoms with Gasteiger partial charge in [-0.15, -0.1) is 11.3 Å². The first-order valence-electron chi connectivity index (χ1n) is 6.85. The fourth-order valence-corrected chi connectivity index (χ4v) is 4.03. The van der Waals surface area contributed by atoms with Crippen LogP contribution >= 0.6 is 34.7 Å². The van der Waals surface area contributed by atoms with E-state index in [1.807, 2.05) is 6.07 Å². The van der Waals surface area contributed by atoms with Crippen molar-refractivity contribution in [3.63, 3.8) is 0 Å². The number of halogens is 2. The van der Waals surface area contributed by atoms with Gasteiger partial charge in [-0.05, 0) is 30.3 Å². The van der Waals surface area contributed by atoms with E-state index < -0.39 is 22.3 Å². The minimum Gasteiger partial charge on any atom is -0.320 e. The van der Waals surface area contributed by atoms with Crippen LogP contribution in [-0.2, 0) is 4.79 Å². The first kappa shape index (κ1) is 17.6. The molecule has 1 amide bonds. The largest absolute Gasteiger partial charge is 0.320 e. The van der Waals surface area contributed by atoms with E-state index in [-0.39, 0.29) is 11.4 Å². The number of carbonyl (C=O) groups excluding carboxylic acids is 1. The Labute approximate surface area is 154 Å². The van der Waals surface area contributed by atoms with E-state index >= 15 is 0 Å². The molecule has 0 saturated carbocycles. The van der Waals surface area contributed by atoms with Gasteiger partial charge in [-0.25, -0.2) is 9.37 Å². The minimum absolute atomic E-state index is 0.0160. The Balaban J connectivity index is 1.67. The minimum atomic E-state index is -0.747. The maximum atomic E-state index is 13.1. The third-order valence-electron chi connectivity index (χ3n) is 3.09. The maximum absolute atomic E-state index is 13.1. The zero-order valence-electron chi connectivity index (χ0n) is 12.4. The Morgan fingerprint density at radius 1 is 1.36 bits per heavy atom. The van der Waals surface area contributed by atoms with E-state index in [4.69, 9.17) is 11.6 Å². The molecular weight excluding hydrogens is 389 g/mol. The summed E-state index contributed by atoms with van der Waals surface area (Å²) in [6.45, 7) is 0. The number of benzene rings is 2. The quantitative estimate of drug-likeness (QED) is 0.382. The van der Waals surface area contributed by atoms with Crippen LogP contribution in [0.2, 0.25) is 5.02 Å². The Morgan fingerprint density at radius 3 is 2.92 bits per heavy atom. The monoisotopic (exact) mass is 397 g/mol. The molecule has 128 valence electrons. The first-order valence-corrected chi connectivity index (χ1v) is 9.03. The van der Waals surface area contributed by atoms with Gasteiger partial charge in [0.25, 0.3) is 5.69 Å². The van der Waals surface area contributed by atoms with E-state index in [1.54, 1.807) is 12.1 Å². The van der Waals surface area contributed by atoms with Crippen molar-refractivity contribution < 1.29 is 14.1 Å². The fraction of sp³-hybridized carbons (Fsp3) is 0.0667. The second-order valence-electron chi connectivity index (χ2n) is 4.85. The molecule has 0 aliphatic heterocycles. The van der Waals surface area contributed by atoms with Gasteiger partial charge in [-0.1, -0.05) is 23.4 Å². The number of hydrogen-bond donors (Lipinski definition) is 1. The molecular formula is C15H9ClFN3O3S2. The number of anilines is 1. The number of thiazole rings is 1. The Hall–Kier alpha value is -2.23. The fourth-order valence-electron chi connectivity index (χ4n) is 2.02. The standard InChI is InChI=1S/C15H9ClFN3O3S2/c16-8-1-4-13-11(5-8)19-15(25-13)24-7-14(21)18-10-3-2-9(17)6-12(10)20(22)23/h1-6H,7H2,(H,18,21). The molecule has 0 unspecified atom stereocenters. The number of nitrogens with zero attached hydrogens (tertiary/aromatic N) is 2. The lowest BCUT2D eigenvalue weighted by molar-refractivity contribution is -0.384. The number of hydrogen-bond acceptors (Lipinski definition) is 6. The third kappa shape index (κ3) is 4.25. The lowest BCUT2D eigenvalue weighted by Gasteiger charge is -2.05. The second kappa shape index (κ2) is 7.34. The molecule has 6 nitrogen and oxygen atoms in total. The highest BCUT2D eigenvalue weighted by molar-refractivity contribution is 8.01. The molecule has 2 aromatic carbocycles. The Kier molecular flexibility index (Phi) is 5.16. The number of carbonyl (C=O) groups is 1. The number of amides is 1. The van der Waals surface area contributed by atoms with Crippen molar-refractivity contribution >= 4 is 62.2 Å². The molecule has 0 radical (unpaired) electrons. The summed E-state index contributed by atoms with van der Waals surface area (Å²) in [5.41, 5.74) is 0.204. The highest BCUT2D eigenvalue weighted by atomic mass is 35.5. The predicted octanol–water partition coefficient (Wildman–Crippen LogP) is 4.73. The van der Waals surface area contributed by atoms with Crippen LogP contribution in [0.3, 0.4) is 0 Å². The Bertz CT molecular complexity index is 980. The molecule has 3 aromatic rings. The van der Waals surface area contributed by atoms with Crippen LogP contribution in [0, 0.1) is 15.9 Å². The summed E-state index contributed by atoms with van der Waals surface area (Å²) < 4.78 is 14.7. The second-order valence-corrected chi connectivity index (χ2v) is 7.54. The molecule has 0 atom stereocenters. The van der Waals surface area contributed by atoms with Crippen LogP contribution in [0.25, 0.3) is 10.2 Å². The lowest BCUT2D eigenvalue weighted by Crippen LogP contribution is -2.15. The maximum Gasteiger partial charge on any atom is 0.295 e. The Morgan fingerprint density at radius 2 is 2.16 bits per heavy atom. The van der Waals surface area contributed by atoms with Crippen molar-refractivity contribution in [3.05, 3.63) is 57.4 Å². The van der Waals surface area contributed by atoms with Crippen molar-refractivity contribution in [2.45, 2.75) is 4.34 Å². The molecule has 0 spiro atoms. The van der Waals surface area contributed by atoms with Gasteiger partial charge in [0.15, 0.2) is 4.34 Å². The van der Waals surface area contributed by atoms with Crippen LogP contribution in [0.4, 0.5) is 15.8 Å². The molecule has 3 rings (SSSR count). The van der Waals surface area contributed by atoms with Crippen molar-refractivity contribution in [1.29, 1.82) is 0 Å². The van der Waals surface area contributed by atoms with Gasteiger partial charge >= 0.3 is 0 Å². The third-order valence-corrected chi connectivity index (χ3v) is 5.50. The number of nitrogens with one attached hydrogen (secondary N) is 1. The summed E-state index contributed by atoms with van der Waals surface area (Å²) in [7, 11) is 0. The van der Waals surface area contributed by atoms with E-state index in [2.05, 4.69) is 10.3 Å². The average Bonchev–Trinajstić information content (AvgIpc) is 2.96. The van der Waals surface area contributed by atoms with Crippen molar-refractivity contribution in [1.82, 2.24) is 4.98 Å². The molecule has 10 heteroatoms. The van der Waals surface area contributed by atoms with Crippen LogP contribution in [0.1, 0.15) is 0 Å². The number of fused-ring (bicyclic) bond motifs is 1. The smallest absolute Gasteiger partial charge is 0.295 e. The average molecular weight is 398 g/mol. The first-order chi connectivity index (χ1) is 11.9. The normalized spacial score (nSPS) is 10.8. The highest BCUT2D eigenvalue weighted by Crippen LogP contribution is 2.31. The molecule has 0 aliphatic carbocycles. The van der Waals surface area contributed by atoms with Gasteiger partial charge in [0.05, 0.1) is 27.0 Å². The highest BCUT2D eigenvalue weighted by Gasteiger charge is 2.17. The summed E-state index contributed by atoms with van der Waals surface area (Å²) in [5, 5.41) is 13.9. The van der Waals surface area contributed by atoms with Crippen molar-refractivity contribution in [3.8, 4) is 0 Å². The number of nitro groups is 1. The van der Waals surface area contributed by atoms with Gasteiger partial charge in [-0.3, -0.25) is 14.9 Å². The zero-order chi connectivity index (χ0) is 18.0. The molecule has 1 aromatic heterocycles. The lowest BCUT2D eigenvalue weighted by atomic mass is 10.2. The van der Waals surface area contributed by atoms with Crippen molar-refractivity contribution in [2.24, 2.45) is 0 Å². The van der Waals surface area contributed by atoms with Gasteiger partial charge in [0.2, 0.25) is 5.91 Å². The number of aromatic nitrogens is 1. The summed E-state index contributed by atoms with van der Waals surface area (Å²) in [6, 6.07) is 8.32. The topological polar surface area (TPSA) is 85.1 Å². The SMILES string of the molecule is O=C(CSc1nc2cc(Cl)ccc2s1)Nc1ccc(F)cc1[N+](=O)[O-]. The van der Waals surface area contributed by atoms with Gasteiger partial charge < -0.3 is 5.32 Å². The number of thioether (sulfide) groups is 1. The molecule has 1 N–H and O–H groups in total.